The number of hydrogen-bond acceptors (Lipinski definition) is 3. The maximum absolute atomic E-state index is 10.6. The van der Waals surface area contributed by atoms with Crippen LogP contribution in [0.2, 0.25) is 0 Å². The van der Waals surface area contributed by atoms with Crippen molar-refractivity contribution in [2.45, 2.75) is 11.8 Å². The summed E-state index contributed by atoms with van der Waals surface area (Å²) in [4.78, 5) is 9.96. The molecule has 1 unspecified atom stereocenters. The van der Waals surface area contributed by atoms with Crippen LogP contribution >= 0.6 is 0 Å². The topological polar surface area (TPSA) is 80.4 Å². The Morgan fingerprint density at radius 3 is 2.54 bits per heavy atom. The summed E-state index contributed by atoms with van der Waals surface area (Å²) in [6.45, 7) is 1.55. The van der Waals surface area contributed by atoms with E-state index in [1.54, 1.807) is 6.92 Å². The molecule has 0 aliphatic carbocycles. The Morgan fingerprint density at radius 1 is 1.54 bits per heavy atom. The van der Waals surface area contributed by atoms with Crippen LogP contribution in [0, 0.1) is 17.0 Å². The largest absolute Gasteiger partial charge is 0.302 e. The molecular weight excluding hydrogens is 194 g/mol. The number of hydrogen-bond donors (Lipinski definition) is 1. The first-order chi connectivity index (χ1) is 6.02. The maximum Gasteiger partial charge on any atom is 0.269 e. The molecule has 1 aromatic carbocycles. The Hall–Kier alpha value is -1.27. The number of nitro benzene ring substituents is 1. The van der Waals surface area contributed by atoms with Crippen LogP contribution < -0.4 is 0 Å². The number of nitro groups is 1. The third kappa shape index (κ3) is 2.10. The fourth-order valence-corrected chi connectivity index (χ4v) is 1.46. The van der Waals surface area contributed by atoms with Gasteiger partial charge >= 0.3 is 0 Å². The molecule has 0 saturated heterocycles. The lowest BCUT2D eigenvalue weighted by molar-refractivity contribution is -0.385. The van der Waals surface area contributed by atoms with Crippen LogP contribution in [0.5, 0.6) is 0 Å². The third-order valence-electron chi connectivity index (χ3n) is 1.56. The van der Waals surface area contributed by atoms with E-state index in [9.17, 15) is 14.3 Å². The van der Waals surface area contributed by atoms with Crippen molar-refractivity contribution in [1.82, 2.24) is 0 Å². The van der Waals surface area contributed by atoms with Gasteiger partial charge in [-0.15, -0.1) is 0 Å². The second-order valence-electron chi connectivity index (χ2n) is 2.46. The van der Waals surface area contributed by atoms with Gasteiger partial charge in [-0.25, -0.2) is 4.21 Å². The highest BCUT2D eigenvalue weighted by molar-refractivity contribution is 7.79. The Kier molecular flexibility index (Phi) is 2.74. The van der Waals surface area contributed by atoms with E-state index in [1.165, 1.54) is 18.2 Å². The second-order valence-corrected chi connectivity index (χ2v) is 3.39. The van der Waals surface area contributed by atoms with E-state index in [0.29, 0.717) is 5.56 Å². The van der Waals surface area contributed by atoms with Crippen molar-refractivity contribution >= 4 is 16.8 Å². The minimum atomic E-state index is -2.08. The predicted molar refractivity (Wildman–Crippen MR) is 46.9 cm³/mol. The Balaban J connectivity index is 3.20. The zero-order valence-corrected chi connectivity index (χ0v) is 7.58. The van der Waals surface area contributed by atoms with Gasteiger partial charge in [0.1, 0.15) is 0 Å². The molecule has 0 bridgehead atoms. The smallest absolute Gasteiger partial charge is 0.269 e. The fraction of sp³-hybridized carbons (Fsp3) is 0.143. The second kappa shape index (κ2) is 3.63. The van der Waals surface area contributed by atoms with Gasteiger partial charge in [-0.1, -0.05) is 0 Å². The number of benzene rings is 1. The van der Waals surface area contributed by atoms with E-state index < -0.39 is 16.0 Å². The number of non-ortho nitro benzene ring substituents is 1. The first-order valence-electron chi connectivity index (χ1n) is 3.38. The summed E-state index contributed by atoms with van der Waals surface area (Å²) in [5.74, 6) is 0. The average Bonchev–Trinajstić information content (AvgIpc) is 2.03. The highest BCUT2D eigenvalue weighted by atomic mass is 32.2. The van der Waals surface area contributed by atoms with Crippen molar-refractivity contribution in [3.05, 3.63) is 33.9 Å². The van der Waals surface area contributed by atoms with E-state index in [0.717, 1.165) is 0 Å². The van der Waals surface area contributed by atoms with Crippen LogP contribution in [0.25, 0.3) is 0 Å². The van der Waals surface area contributed by atoms with Crippen molar-refractivity contribution in [2.75, 3.05) is 0 Å². The molecule has 0 aromatic heterocycles. The minimum Gasteiger partial charge on any atom is -0.302 e. The predicted octanol–water partition coefficient (Wildman–Crippen LogP) is 1.48. The summed E-state index contributed by atoms with van der Waals surface area (Å²) in [7, 11) is 0. The molecule has 0 saturated carbocycles. The molecular formula is C7H7NO4S. The quantitative estimate of drug-likeness (QED) is 0.446. The van der Waals surface area contributed by atoms with Gasteiger partial charge in [0.15, 0.2) is 11.1 Å². The van der Waals surface area contributed by atoms with Gasteiger partial charge in [-0.2, -0.15) is 0 Å². The summed E-state index contributed by atoms with van der Waals surface area (Å²) >= 11 is -2.08. The van der Waals surface area contributed by atoms with Gasteiger partial charge in [0.2, 0.25) is 0 Å². The molecule has 0 amide bonds. The van der Waals surface area contributed by atoms with E-state index in [4.69, 9.17) is 4.55 Å². The number of nitrogens with zero attached hydrogens (tertiary/aromatic N) is 1. The average molecular weight is 201 g/mol. The maximum atomic E-state index is 10.6. The molecule has 0 heterocycles. The van der Waals surface area contributed by atoms with Crippen molar-refractivity contribution in [3.63, 3.8) is 0 Å². The van der Waals surface area contributed by atoms with Crippen LogP contribution in [-0.4, -0.2) is 13.7 Å². The molecule has 5 nitrogen and oxygen atoms in total. The molecule has 13 heavy (non-hydrogen) atoms. The minimum absolute atomic E-state index is 0.0771. The van der Waals surface area contributed by atoms with E-state index >= 15 is 0 Å². The van der Waals surface area contributed by atoms with Gasteiger partial charge < -0.3 is 4.55 Å². The van der Waals surface area contributed by atoms with Gasteiger partial charge in [0.05, 0.1) is 9.82 Å². The molecule has 0 fully saturated rings. The van der Waals surface area contributed by atoms with Gasteiger partial charge in [0, 0.05) is 12.1 Å². The van der Waals surface area contributed by atoms with Crippen molar-refractivity contribution in [3.8, 4) is 0 Å². The molecule has 0 aliphatic rings. The van der Waals surface area contributed by atoms with Crippen LogP contribution in [-0.2, 0) is 11.1 Å². The third-order valence-corrected chi connectivity index (χ3v) is 2.39. The number of rotatable bonds is 2. The molecule has 70 valence electrons. The summed E-state index contributed by atoms with van der Waals surface area (Å²) in [6, 6.07) is 3.75. The molecule has 0 aliphatic heterocycles. The summed E-state index contributed by atoms with van der Waals surface area (Å²) in [6.07, 6.45) is 0. The fourth-order valence-electron chi connectivity index (χ4n) is 0.943. The van der Waals surface area contributed by atoms with E-state index in [1.807, 2.05) is 0 Å². The highest BCUT2D eigenvalue weighted by Crippen LogP contribution is 2.18. The van der Waals surface area contributed by atoms with Gasteiger partial charge in [-0.3, -0.25) is 10.1 Å². The van der Waals surface area contributed by atoms with Crippen LogP contribution in [0.15, 0.2) is 23.1 Å². The lowest BCUT2D eigenvalue weighted by atomic mass is 10.2. The first-order valence-corrected chi connectivity index (χ1v) is 4.49. The highest BCUT2D eigenvalue weighted by Gasteiger charge is 2.10. The molecule has 0 radical (unpaired) electrons. The van der Waals surface area contributed by atoms with Crippen molar-refractivity contribution < 1.29 is 13.7 Å². The van der Waals surface area contributed by atoms with Crippen LogP contribution in [0.3, 0.4) is 0 Å². The van der Waals surface area contributed by atoms with E-state index in [2.05, 4.69) is 0 Å². The normalized spacial score (nSPS) is 12.5. The van der Waals surface area contributed by atoms with Crippen molar-refractivity contribution in [2.24, 2.45) is 0 Å². The molecule has 1 atom stereocenters. The summed E-state index contributed by atoms with van der Waals surface area (Å²) in [5, 5.41) is 10.3. The van der Waals surface area contributed by atoms with Crippen molar-refractivity contribution in [1.29, 1.82) is 0 Å². The Bertz CT molecular complexity index is 377. The zero-order valence-electron chi connectivity index (χ0n) is 6.76. The molecule has 6 heteroatoms. The standard InChI is InChI=1S/C7H7NO4S/c1-5-4-6(8(9)10)2-3-7(5)13(11)12/h2-4H,1H3,(H,11,12). The summed E-state index contributed by atoms with van der Waals surface area (Å²) < 4.78 is 19.4. The van der Waals surface area contributed by atoms with Gasteiger partial charge in [-0.05, 0) is 18.6 Å². The van der Waals surface area contributed by atoms with E-state index in [-0.39, 0.29) is 10.6 Å². The zero-order chi connectivity index (χ0) is 10.0. The Labute approximate surface area is 76.8 Å². The molecule has 0 spiro atoms. The molecule has 1 aromatic rings. The van der Waals surface area contributed by atoms with Crippen LogP contribution in [0.1, 0.15) is 5.56 Å². The Morgan fingerprint density at radius 2 is 2.15 bits per heavy atom. The lowest BCUT2D eigenvalue weighted by Gasteiger charge is -1.99. The van der Waals surface area contributed by atoms with Gasteiger partial charge in [0.25, 0.3) is 5.69 Å². The monoisotopic (exact) mass is 201 g/mol. The SMILES string of the molecule is Cc1cc([N+](=O)[O-])ccc1S(=O)O. The molecule has 1 N–H and O–H groups in total. The van der Waals surface area contributed by atoms with Crippen LogP contribution in [0.4, 0.5) is 5.69 Å². The number of aryl methyl sites for hydroxylation is 1. The molecule has 1 rings (SSSR count). The lowest BCUT2D eigenvalue weighted by Crippen LogP contribution is -1.94. The first kappa shape index (κ1) is 9.82. The summed E-state index contributed by atoms with van der Waals surface area (Å²) in [5.41, 5.74) is 0.363.